The van der Waals surface area contributed by atoms with E-state index in [1.54, 1.807) is 11.5 Å². The van der Waals surface area contributed by atoms with Gasteiger partial charge in [-0.2, -0.15) is 0 Å². The van der Waals surface area contributed by atoms with Gasteiger partial charge in [-0.3, -0.25) is 4.79 Å². The van der Waals surface area contributed by atoms with Crippen LogP contribution in [0.5, 0.6) is 0 Å². The maximum absolute atomic E-state index is 12.3. The van der Waals surface area contributed by atoms with Gasteiger partial charge in [0, 0.05) is 11.9 Å². The average Bonchev–Trinajstić information content (AvgIpc) is 3.29. The normalized spacial score (nSPS) is 11.7. The Labute approximate surface area is 151 Å². The SMILES string of the molecule is C=CCNc1nc(C(=O)OC(C)C(=O)Nc2ncnc3nc[nH]c23)cs1. The summed E-state index contributed by atoms with van der Waals surface area (Å²) in [7, 11) is 0. The van der Waals surface area contributed by atoms with Gasteiger partial charge in [0.05, 0.1) is 6.33 Å². The average molecular weight is 373 g/mol. The number of hydrogen-bond donors (Lipinski definition) is 3. The van der Waals surface area contributed by atoms with E-state index in [9.17, 15) is 9.59 Å². The fourth-order valence-corrected chi connectivity index (χ4v) is 2.65. The van der Waals surface area contributed by atoms with E-state index in [1.807, 2.05) is 0 Å². The van der Waals surface area contributed by atoms with Crippen LogP contribution in [0.4, 0.5) is 10.9 Å². The van der Waals surface area contributed by atoms with Gasteiger partial charge in [0.2, 0.25) is 0 Å². The lowest BCUT2D eigenvalue weighted by atomic mass is 10.3. The van der Waals surface area contributed by atoms with Crippen molar-refractivity contribution in [3.63, 3.8) is 0 Å². The molecule has 3 aromatic rings. The maximum atomic E-state index is 12.3. The number of hydrogen-bond acceptors (Lipinski definition) is 9. The molecule has 0 aliphatic heterocycles. The minimum absolute atomic E-state index is 0.124. The molecule has 0 saturated heterocycles. The Hall–Kier alpha value is -3.34. The third-order valence-corrected chi connectivity index (χ3v) is 4.03. The summed E-state index contributed by atoms with van der Waals surface area (Å²) in [5, 5.41) is 7.67. The molecule has 3 aromatic heterocycles. The van der Waals surface area contributed by atoms with Gasteiger partial charge < -0.3 is 20.4 Å². The summed E-state index contributed by atoms with van der Waals surface area (Å²) in [6, 6.07) is 0. The first kappa shape index (κ1) is 17.5. The molecule has 0 aromatic carbocycles. The van der Waals surface area contributed by atoms with E-state index in [0.717, 1.165) is 0 Å². The van der Waals surface area contributed by atoms with E-state index >= 15 is 0 Å². The van der Waals surface area contributed by atoms with E-state index in [0.29, 0.717) is 22.8 Å². The molecule has 26 heavy (non-hydrogen) atoms. The number of carbonyl (C=O) groups is 2. The van der Waals surface area contributed by atoms with Gasteiger partial charge in [-0.05, 0) is 6.92 Å². The van der Waals surface area contributed by atoms with Crippen molar-refractivity contribution >= 4 is 45.3 Å². The second-order valence-electron chi connectivity index (χ2n) is 5.07. The number of nitrogens with one attached hydrogen (secondary N) is 3. The predicted octanol–water partition coefficient (Wildman–Crippen LogP) is 1.59. The number of imidazole rings is 1. The third kappa shape index (κ3) is 3.83. The Morgan fingerprint density at radius 3 is 3.08 bits per heavy atom. The van der Waals surface area contributed by atoms with E-state index in [1.165, 1.54) is 30.9 Å². The van der Waals surface area contributed by atoms with E-state index in [2.05, 4.69) is 42.1 Å². The molecule has 0 radical (unpaired) electrons. The Morgan fingerprint density at radius 1 is 1.42 bits per heavy atom. The predicted molar refractivity (Wildman–Crippen MR) is 96.0 cm³/mol. The van der Waals surface area contributed by atoms with Crippen molar-refractivity contribution in [2.24, 2.45) is 0 Å². The smallest absolute Gasteiger partial charge is 0.358 e. The van der Waals surface area contributed by atoms with Crippen LogP contribution < -0.4 is 10.6 Å². The Balaban J connectivity index is 1.61. The summed E-state index contributed by atoms with van der Waals surface area (Å²) < 4.78 is 5.16. The van der Waals surface area contributed by atoms with E-state index < -0.39 is 18.0 Å². The van der Waals surface area contributed by atoms with Gasteiger partial charge in [-0.15, -0.1) is 17.9 Å². The number of nitrogens with zero attached hydrogens (tertiary/aromatic N) is 4. The number of fused-ring (bicyclic) bond motifs is 1. The first-order valence-electron chi connectivity index (χ1n) is 7.54. The van der Waals surface area contributed by atoms with Crippen LogP contribution in [0.15, 0.2) is 30.7 Å². The van der Waals surface area contributed by atoms with Gasteiger partial charge in [0.15, 0.2) is 28.4 Å². The molecule has 0 aliphatic rings. The molecular weight excluding hydrogens is 358 g/mol. The number of rotatable bonds is 7. The fourth-order valence-electron chi connectivity index (χ4n) is 1.96. The first-order chi connectivity index (χ1) is 12.6. The molecule has 10 nitrogen and oxygen atoms in total. The first-order valence-corrected chi connectivity index (χ1v) is 8.42. The van der Waals surface area contributed by atoms with Crippen LogP contribution in [0, 0.1) is 0 Å². The molecule has 0 aliphatic carbocycles. The van der Waals surface area contributed by atoms with Crippen LogP contribution in [0.3, 0.4) is 0 Å². The second kappa shape index (κ2) is 7.70. The molecule has 1 unspecified atom stereocenters. The highest BCUT2D eigenvalue weighted by molar-refractivity contribution is 7.13. The minimum Gasteiger partial charge on any atom is -0.448 e. The Kier molecular flexibility index (Phi) is 5.17. The quantitative estimate of drug-likeness (QED) is 0.420. The second-order valence-corrected chi connectivity index (χ2v) is 5.93. The standard InChI is InChI=1S/C15H15N7O3S/c1-3-4-16-15-21-9(5-26-15)14(24)25-8(2)13(23)22-12-10-11(18-6-17-10)19-7-20-12/h3,5-8H,1,4H2,2H3,(H,16,21)(H2,17,18,19,20,22,23). The van der Waals surface area contributed by atoms with Gasteiger partial charge in [-0.1, -0.05) is 6.08 Å². The summed E-state index contributed by atoms with van der Waals surface area (Å²) >= 11 is 1.26. The summed E-state index contributed by atoms with van der Waals surface area (Å²) in [6.07, 6.45) is 3.36. The number of anilines is 2. The van der Waals surface area contributed by atoms with Crippen molar-refractivity contribution < 1.29 is 14.3 Å². The number of carbonyl (C=O) groups excluding carboxylic acids is 2. The zero-order valence-electron chi connectivity index (χ0n) is 13.7. The minimum atomic E-state index is -1.04. The molecule has 0 bridgehead atoms. The Morgan fingerprint density at radius 2 is 2.27 bits per heavy atom. The van der Waals surface area contributed by atoms with Crippen molar-refractivity contribution in [2.45, 2.75) is 13.0 Å². The van der Waals surface area contributed by atoms with Gasteiger partial charge in [-0.25, -0.2) is 24.7 Å². The van der Waals surface area contributed by atoms with Crippen molar-refractivity contribution in [1.82, 2.24) is 24.9 Å². The molecule has 0 saturated carbocycles. The van der Waals surface area contributed by atoms with Gasteiger partial charge >= 0.3 is 5.97 Å². The topological polar surface area (TPSA) is 135 Å². The molecule has 1 atom stereocenters. The van der Waals surface area contributed by atoms with E-state index in [4.69, 9.17) is 4.74 Å². The summed E-state index contributed by atoms with van der Waals surface area (Å²) in [5.74, 6) is -0.969. The molecule has 134 valence electrons. The summed E-state index contributed by atoms with van der Waals surface area (Å²) in [4.78, 5) is 43.3. The van der Waals surface area contributed by atoms with Crippen LogP contribution in [-0.2, 0) is 9.53 Å². The highest BCUT2D eigenvalue weighted by Gasteiger charge is 2.22. The fraction of sp³-hybridized carbons (Fsp3) is 0.200. The highest BCUT2D eigenvalue weighted by Crippen LogP contribution is 2.17. The lowest BCUT2D eigenvalue weighted by molar-refractivity contribution is -0.123. The molecule has 0 spiro atoms. The molecule has 3 heterocycles. The summed E-state index contributed by atoms with van der Waals surface area (Å²) in [6.45, 7) is 5.58. The van der Waals surface area contributed by atoms with Crippen LogP contribution in [0.1, 0.15) is 17.4 Å². The molecule has 3 rings (SSSR count). The van der Waals surface area contributed by atoms with Crippen LogP contribution >= 0.6 is 11.3 Å². The number of esters is 1. The molecule has 11 heteroatoms. The lowest BCUT2D eigenvalue weighted by Crippen LogP contribution is -2.30. The zero-order chi connectivity index (χ0) is 18.5. The number of ether oxygens (including phenoxy) is 1. The monoisotopic (exact) mass is 373 g/mol. The number of aromatic nitrogens is 5. The lowest BCUT2D eigenvalue weighted by Gasteiger charge is -2.12. The van der Waals surface area contributed by atoms with Crippen molar-refractivity contribution in [2.75, 3.05) is 17.2 Å². The van der Waals surface area contributed by atoms with Crippen LogP contribution in [0.2, 0.25) is 0 Å². The van der Waals surface area contributed by atoms with E-state index in [-0.39, 0.29) is 11.5 Å². The largest absolute Gasteiger partial charge is 0.448 e. The highest BCUT2D eigenvalue weighted by atomic mass is 32.1. The van der Waals surface area contributed by atoms with Crippen LogP contribution in [0.25, 0.3) is 11.2 Å². The molecule has 1 amide bonds. The Bertz CT molecular complexity index is 952. The summed E-state index contributed by atoms with van der Waals surface area (Å²) in [5.41, 5.74) is 1.03. The van der Waals surface area contributed by atoms with Crippen molar-refractivity contribution in [1.29, 1.82) is 0 Å². The van der Waals surface area contributed by atoms with Gasteiger partial charge in [0.25, 0.3) is 5.91 Å². The van der Waals surface area contributed by atoms with Gasteiger partial charge in [0.1, 0.15) is 11.8 Å². The van der Waals surface area contributed by atoms with Crippen molar-refractivity contribution in [3.8, 4) is 0 Å². The van der Waals surface area contributed by atoms with Crippen molar-refractivity contribution in [3.05, 3.63) is 36.4 Å². The number of H-pyrrole nitrogens is 1. The number of thiazole rings is 1. The molecule has 0 fully saturated rings. The number of amides is 1. The van der Waals surface area contributed by atoms with Crippen LogP contribution in [-0.4, -0.2) is 49.4 Å². The number of aromatic amines is 1. The third-order valence-electron chi connectivity index (χ3n) is 3.23. The zero-order valence-corrected chi connectivity index (χ0v) is 14.5. The molecular formula is C15H15N7O3S. The molecule has 3 N–H and O–H groups in total. The maximum Gasteiger partial charge on any atom is 0.358 e.